The van der Waals surface area contributed by atoms with Gasteiger partial charge in [0.2, 0.25) is 5.91 Å². The summed E-state index contributed by atoms with van der Waals surface area (Å²) in [7, 11) is 0. The molecular formula is C19H27FN2O4. The van der Waals surface area contributed by atoms with Crippen molar-refractivity contribution in [2.45, 2.75) is 46.1 Å². The Morgan fingerprint density at radius 3 is 2.35 bits per heavy atom. The Bertz CT molecular complexity index is 602. The Morgan fingerprint density at radius 2 is 1.73 bits per heavy atom. The van der Waals surface area contributed by atoms with Crippen LogP contribution in [0, 0.1) is 11.7 Å². The third-order valence-corrected chi connectivity index (χ3v) is 3.68. The van der Waals surface area contributed by atoms with Crippen LogP contribution in [0.15, 0.2) is 24.3 Å². The summed E-state index contributed by atoms with van der Waals surface area (Å²) in [5.41, 5.74) is 0.889. The summed E-state index contributed by atoms with van der Waals surface area (Å²) >= 11 is 0. The van der Waals surface area contributed by atoms with Crippen LogP contribution in [0.1, 0.15) is 39.2 Å². The molecule has 1 unspecified atom stereocenters. The van der Waals surface area contributed by atoms with E-state index in [9.17, 15) is 18.8 Å². The highest BCUT2D eigenvalue weighted by Crippen LogP contribution is 2.04. The fourth-order valence-corrected chi connectivity index (χ4v) is 2.10. The number of nitrogens with one attached hydrogen (secondary N) is 2. The lowest BCUT2D eigenvalue weighted by Gasteiger charge is -2.14. The van der Waals surface area contributed by atoms with Gasteiger partial charge in [-0.25, -0.2) is 4.39 Å². The SMILES string of the molecule is CC(C)CCC(=O)NCC(=O)OC(C)C(=O)NCCc1ccc(F)cc1. The summed E-state index contributed by atoms with van der Waals surface area (Å²) < 4.78 is 17.8. The van der Waals surface area contributed by atoms with E-state index in [0.717, 1.165) is 12.0 Å². The van der Waals surface area contributed by atoms with Gasteiger partial charge in [0.05, 0.1) is 0 Å². The van der Waals surface area contributed by atoms with Gasteiger partial charge in [-0.1, -0.05) is 26.0 Å². The molecule has 0 heterocycles. The van der Waals surface area contributed by atoms with Crippen LogP contribution in [-0.2, 0) is 25.5 Å². The van der Waals surface area contributed by atoms with Crippen LogP contribution < -0.4 is 10.6 Å². The summed E-state index contributed by atoms with van der Waals surface area (Å²) in [4.78, 5) is 35.1. The number of benzene rings is 1. The molecule has 1 aromatic rings. The summed E-state index contributed by atoms with van der Waals surface area (Å²) in [6.07, 6.45) is 0.680. The maximum atomic E-state index is 12.8. The van der Waals surface area contributed by atoms with Gasteiger partial charge in [-0.15, -0.1) is 0 Å². The quantitative estimate of drug-likeness (QED) is 0.620. The molecule has 0 aliphatic rings. The Kier molecular flexibility index (Phi) is 9.33. The zero-order valence-electron chi connectivity index (χ0n) is 15.5. The first-order valence-electron chi connectivity index (χ1n) is 8.76. The maximum absolute atomic E-state index is 12.8. The lowest BCUT2D eigenvalue weighted by atomic mass is 10.1. The fraction of sp³-hybridized carbons (Fsp3) is 0.526. The van der Waals surface area contributed by atoms with Crippen molar-refractivity contribution in [3.8, 4) is 0 Å². The second-order valence-corrected chi connectivity index (χ2v) is 6.51. The second-order valence-electron chi connectivity index (χ2n) is 6.51. The maximum Gasteiger partial charge on any atom is 0.326 e. The number of hydrogen-bond donors (Lipinski definition) is 2. The van der Waals surface area contributed by atoms with Crippen LogP contribution in [-0.4, -0.2) is 37.0 Å². The average Bonchev–Trinajstić information content (AvgIpc) is 2.59. The predicted octanol–water partition coefficient (Wildman–Crippen LogP) is 1.97. The number of amides is 2. The summed E-state index contributed by atoms with van der Waals surface area (Å²) in [5, 5.41) is 5.13. The molecule has 1 rings (SSSR count). The van der Waals surface area contributed by atoms with Crippen LogP contribution in [0.2, 0.25) is 0 Å². The van der Waals surface area contributed by atoms with Gasteiger partial charge in [-0.2, -0.15) is 0 Å². The molecule has 0 aliphatic carbocycles. The predicted molar refractivity (Wildman–Crippen MR) is 95.7 cm³/mol. The number of halogens is 1. The molecule has 2 amide bonds. The molecule has 0 bridgehead atoms. The minimum Gasteiger partial charge on any atom is -0.451 e. The summed E-state index contributed by atoms with van der Waals surface area (Å²) in [5.74, 6) is -1.20. The molecule has 7 heteroatoms. The summed E-state index contributed by atoms with van der Waals surface area (Å²) in [6.45, 7) is 5.57. The van der Waals surface area contributed by atoms with Crippen molar-refractivity contribution in [2.24, 2.45) is 5.92 Å². The van der Waals surface area contributed by atoms with Gasteiger partial charge in [0.15, 0.2) is 6.10 Å². The van der Waals surface area contributed by atoms with E-state index >= 15 is 0 Å². The second kappa shape index (κ2) is 11.2. The van der Waals surface area contributed by atoms with Crippen molar-refractivity contribution < 1.29 is 23.5 Å². The molecular weight excluding hydrogens is 339 g/mol. The molecule has 26 heavy (non-hydrogen) atoms. The molecule has 0 aromatic heterocycles. The van der Waals surface area contributed by atoms with E-state index in [2.05, 4.69) is 10.6 Å². The van der Waals surface area contributed by atoms with E-state index < -0.39 is 18.0 Å². The van der Waals surface area contributed by atoms with Crippen molar-refractivity contribution in [3.05, 3.63) is 35.6 Å². The molecule has 0 fully saturated rings. The first-order valence-corrected chi connectivity index (χ1v) is 8.76. The molecule has 144 valence electrons. The van der Waals surface area contributed by atoms with E-state index in [4.69, 9.17) is 4.74 Å². The summed E-state index contributed by atoms with van der Waals surface area (Å²) in [6, 6.07) is 6.01. The number of carbonyl (C=O) groups is 3. The van der Waals surface area contributed by atoms with Crippen LogP contribution >= 0.6 is 0 Å². The van der Waals surface area contributed by atoms with Crippen molar-refractivity contribution in [2.75, 3.05) is 13.1 Å². The molecule has 0 saturated carbocycles. The van der Waals surface area contributed by atoms with Gasteiger partial charge < -0.3 is 15.4 Å². The Hall–Kier alpha value is -2.44. The smallest absolute Gasteiger partial charge is 0.326 e. The molecule has 0 aliphatic heterocycles. The van der Waals surface area contributed by atoms with Crippen molar-refractivity contribution in [1.82, 2.24) is 10.6 Å². The number of ether oxygens (including phenoxy) is 1. The topological polar surface area (TPSA) is 84.5 Å². The molecule has 0 saturated heterocycles. The van der Waals surface area contributed by atoms with Gasteiger partial charge in [-0.3, -0.25) is 14.4 Å². The molecule has 1 aromatic carbocycles. The van der Waals surface area contributed by atoms with E-state index in [1.54, 1.807) is 12.1 Å². The number of esters is 1. The van der Waals surface area contributed by atoms with Crippen molar-refractivity contribution in [1.29, 1.82) is 0 Å². The molecule has 1 atom stereocenters. The van der Waals surface area contributed by atoms with Crippen LogP contribution in [0.5, 0.6) is 0 Å². The van der Waals surface area contributed by atoms with Crippen LogP contribution in [0.4, 0.5) is 4.39 Å². The molecule has 6 nitrogen and oxygen atoms in total. The third-order valence-electron chi connectivity index (χ3n) is 3.68. The molecule has 0 radical (unpaired) electrons. The minimum atomic E-state index is -0.955. The Morgan fingerprint density at radius 1 is 1.08 bits per heavy atom. The molecule has 0 spiro atoms. The van der Waals surface area contributed by atoms with Gasteiger partial charge in [-0.05, 0) is 43.4 Å². The Balaban J connectivity index is 2.22. The fourth-order valence-electron chi connectivity index (χ4n) is 2.10. The van der Waals surface area contributed by atoms with E-state index in [1.807, 2.05) is 13.8 Å². The van der Waals surface area contributed by atoms with Crippen molar-refractivity contribution >= 4 is 17.8 Å². The zero-order chi connectivity index (χ0) is 19.5. The lowest BCUT2D eigenvalue weighted by molar-refractivity contribution is -0.154. The number of rotatable bonds is 10. The minimum absolute atomic E-state index is 0.216. The standard InChI is InChI=1S/C19H27FN2O4/c1-13(2)4-9-17(23)22-12-18(24)26-14(3)19(25)21-11-10-15-5-7-16(20)8-6-15/h5-8,13-14H,4,9-12H2,1-3H3,(H,21,25)(H,22,23). The number of carbonyl (C=O) groups excluding carboxylic acids is 3. The Labute approximate surface area is 153 Å². The highest BCUT2D eigenvalue weighted by Gasteiger charge is 2.17. The first kappa shape index (κ1) is 21.6. The van der Waals surface area contributed by atoms with Gasteiger partial charge in [0.1, 0.15) is 12.4 Å². The van der Waals surface area contributed by atoms with E-state index in [0.29, 0.717) is 25.3 Å². The van der Waals surface area contributed by atoms with Gasteiger partial charge >= 0.3 is 5.97 Å². The highest BCUT2D eigenvalue weighted by molar-refractivity contribution is 5.85. The lowest BCUT2D eigenvalue weighted by Crippen LogP contribution is -2.39. The van der Waals surface area contributed by atoms with Crippen LogP contribution in [0.3, 0.4) is 0 Å². The normalized spacial score (nSPS) is 11.7. The van der Waals surface area contributed by atoms with Gasteiger partial charge in [0, 0.05) is 13.0 Å². The molecule has 2 N–H and O–H groups in total. The average molecular weight is 366 g/mol. The third kappa shape index (κ3) is 9.15. The van der Waals surface area contributed by atoms with E-state index in [1.165, 1.54) is 19.1 Å². The first-order chi connectivity index (χ1) is 12.3. The zero-order valence-corrected chi connectivity index (χ0v) is 15.5. The number of hydrogen-bond acceptors (Lipinski definition) is 4. The van der Waals surface area contributed by atoms with E-state index in [-0.39, 0.29) is 18.3 Å². The van der Waals surface area contributed by atoms with Crippen LogP contribution in [0.25, 0.3) is 0 Å². The highest BCUT2D eigenvalue weighted by atomic mass is 19.1. The monoisotopic (exact) mass is 366 g/mol. The largest absolute Gasteiger partial charge is 0.451 e. The van der Waals surface area contributed by atoms with Gasteiger partial charge in [0.25, 0.3) is 5.91 Å². The van der Waals surface area contributed by atoms with Crippen molar-refractivity contribution in [3.63, 3.8) is 0 Å².